The van der Waals surface area contributed by atoms with Crippen molar-refractivity contribution < 1.29 is 4.79 Å². The Morgan fingerprint density at radius 3 is 2.78 bits per heavy atom. The Balaban J connectivity index is 2.21. The number of benzene rings is 1. The molecule has 0 saturated carbocycles. The van der Waals surface area contributed by atoms with Crippen molar-refractivity contribution in [1.29, 1.82) is 0 Å². The highest BCUT2D eigenvalue weighted by Gasteiger charge is 2.12. The van der Waals surface area contributed by atoms with Crippen LogP contribution in [-0.4, -0.2) is 30.0 Å². The molecule has 100 valence electrons. The highest BCUT2D eigenvalue weighted by Crippen LogP contribution is 2.02. The lowest BCUT2D eigenvalue weighted by Gasteiger charge is -2.12. The second-order valence-corrected chi connectivity index (χ2v) is 5.53. The molecule has 1 aromatic carbocycles. The maximum absolute atomic E-state index is 11.7. The minimum absolute atomic E-state index is 0.0552. The molecule has 0 aliphatic heterocycles. The molecular formula is C14H22N2OS. The lowest BCUT2D eigenvalue weighted by Crippen LogP contribution is -2.42. The van der Waals surface area contributed by atoms with Crippen molar-refractivity contribution >= 4 is 17.7 Å². The number of hydrogen-bond acceptors (Lipinski definition) is 3. The van der Waals surface area contributed by atoms with Crippen LogP contribution in [0.4, 0.5) is 0 Å². The Labute approximate surface area is 114 Å². The molecule has 0 aromatic heterocycles. The predicted molar refractivity (Wildman–Crippen MR) is 78.7 cm³/mol. The molecule has 1 aromatic rings. The fraction of sp³-hybridized carbons (Fsp3) is 0.500. The molecule has 0 fully saturated rings. The van der Waals surface area contributed by atoms with Crippen LogP contribution in [0.1, 0.15) is 18.9 Å². The summed E-state index contributed by atoms with van der Waals surface area (Å²) < 4.78 is 0. The number of nitrogens with one attached hydrogen (secondary N) is 1. The number of hydrogen-bond donors (Lipinski definition) is 2. The summed E-state index contributed by atoms with van der Waals surface area (Å²) in [5, 5.41) is 2.88. The SMILES string of the molecule is CCSCCCNC(=O)[C@H](N)Cc1ccccc1. The standard InChI is InChI=1S/C14H22N2OS/c1-2-18-10-6-9-16-14(17)13(15)11-12-7-4-3-5-8-12/h3-5,7-8,13H,2,6,9-11,15H2,1H3,(H,16,17)/t13-/m1/s1. The minimum atomic E-state index is -0.453. The molecule has 18 heavy (non-hydrogen) atoms. The van der Waals surface area contributed by atoms with E-state index in [1.54, 1.807) is 0 Å². The molecule has 0 unspecified atom stereocenters. The Morgan fingerprint density at radius 1 is 1.39 bits per heavy atom. The van der Waals surface area contributed by atoms with Crippen molar-refractivity contribution in [3.8, 4) is 0 Å². The van der Waals surface area contributed by atoms with Gasteiger partial charge in [0.1, 0.15) is 0 Å². The van der Waals surface area contributed by atoms with E-state index in [9.17, 15) is 4.79 Å². The van der Waals surface area contributed by atoms with Crippen molar-refractivity contribution in [3.63, 3.8) is 0 Å². The zero-order valence-corrected chi connectivity index (χ0v) is 11.7. The van der Waals surface area contributed by atoms with Crippen molar-refractivity contribution in [1.82, 2.24) is 5.32 Å². The minimum Gasteiger partial charge on any atom is -0.355 e. The molecule has 1 atom stereocenters. The molecule has 0 spiro atoms. The van der Waals surface area contributed by atoms with Crippen molar-refractivity contribution in [3.05, 3.63) is 35.9 Å². The Morgan fingerprint density at radius 2 is 2.11 bits per heavy atom. The number of rotatable bonds is 8. The summed E-state index contributed by atoms with van der Waals surface area (Å²) in [7, 11) is 0. The lowest BCUT2D eigenvalue weighted by molar-refractivity contribution is -0.122. The van der Waals surface area contributed by atoms with Gasteiger partial charge in [-0.3, -0.25) is 4.79 Å². The molecule has 0 aliphatic carbocycles. The van der Waals surface area contributed by atoms with Crippen LogP contribution in [0, 0.1) is 0 Å². The predicted octanol–water partition coefficient (Wildman–Crippen LogP) is 1.82. The van der Waals surface area contributed by atoms with E-state index < -0.39 is 6.04 Å². The molecule has 3 N–H and O–H groups in total. The van der Waals surface area contributed by atoms with Gasteiger partial charge in [-0.2, -0.15) is 11.8 Å². The Hall–Kier alpha value is -1.00. The molecule has 1 rings (SSSR count). The molecule has 3 nitrogen and oxygen atoms in total. The molecule has 1 amide bonds. The molecule has 0 saturated heterocycles. The van der Waals surface area contributed by atoms with Gasteiger partial charge in [0, 0.05) is 6.54 Å². The van der Waals surface area contributed by atoms with Gasteiger partial charge in [0.15, 0.2) is 0 Å². The van der Waals surface area contributed by atoms with Crippen LogP contribution >= 0.6 is 11.8 Å². The van der Waals surface area contributed by atoms with E-state index in [4.69, 9.17) is 5.73 Å². The van der Waals surface area contributed by atoms with Gasteiger partial charge in [-0.05, 0) is 29.9 Å². The normalized spacial score (nSPS) is 12.1. The summed E-state index contributed by atoms with van der Waals surface area (Å²) in [6, 6.07) is 9.41. The van der Waals surface area contributed by atoms with Crippen molar-refractivity contribution in [2.75, 3.05) is 18.1 Å². The third-order valence-electron chi connectivity index (χ3n) is 2.60. The molecule has 4 heteroatoms. The first-order valence-electron chi connectivity index (χ1n) is 6.39. The van der Waals surface area contributed by atoms with Gasteiger partial charge in [-0.15, -0.1) is 0 Å². The second-order valence-electron chi connectivity index (χ2n) is 4.14. The summed E-state index contributed by atoms with van der Waals surface area (Å²) in [6.45, 7) is 2.85. The van der Waals surface area contributed by atoms with E-state index in [2.05, 4.69) is 12.2 Å². The first-order valence-corrected chi connectivity index (χ1v) is 7.54. The zero-order chi connectivity index (χ0) is 13.2. The quantitative estimate of drug-likeness (QED) is 0.706. The van der Waals surface area contributed by atoms with E-state index in [-0.39, 0.29) is 5.91 Å². The molecule has 0 radical (unpaired) electrons. The smallest absolute Gasteiger partial charge is 0.237 e. The number of carbonyl (C=O) groups excluding carboxylic acids is 1. The third kappa shape index (κ3) is 6.07. The second kappa shape index (κ2) is 9.00. The highest BCUT2D eigenvalue weighted by molar-refractivity contribution is 7.99. The monoisotopic (exact) mass is 266 g/mol. The van der Waals surface area contributed by atoms with Crippen LogP contribution in [0.15, 0.2) is 30.3 Å². The van der Waals surface area contributed by atoms with Gasteiger partial charge in [-0.25, -0.2) is 0 Å². The van der Waals surface area contributed by atoms with E-state index in [1.807, 2.05) is 42.1 Å². The summed E-state index contributed by atoms with van der Waals surface area (Å²) in [6.07, 6.45) is 1.60. The first-order chi connectivity index (χ1) is 8.74. The number of nitrogens with two attached hydrogens (primary N) is 1. The first kappa shape index (κ1) is 15.1. The fourth-order valence-corrected chi connectivity index (χ4v) is 2.26. The Kier molecular flexibility index (Phi) is 7.53. The van der Waals surface area contributed by atoms with Gasteiger partial charge < -0.3 is 11.1 Å². The van der Waals surface area contributed by atoms with Crippen LogP contribution in [-0.2, 0) is 11.2 Å². The molecular weight excluding hydrogens is 244 g/mol. The van der Waals surface area contributed by atoms with Gasteiger partial charge >= 0.3 is 0 Å². The summed E-state index contributed by atoms with van der Waals surface area (Å²) in [5.41, 5.74) is 6.97. The molecule has 0 heterocycles. The Bertz CT molecular complexity index is 343. The van der Waals surface area contributed by atoms with Gasteiger partial charge in [0.2, 0.25) is 5.91 Å². The number of thioether (sulfide) groups is 1. The van der Waals surface area contributed by atoms with Gasteiger partial charge in [0.05, 0.1) is 6.04 Å². The average Bonchev–Trinajstić information content (AvgIpc) is 2.39. The largest absolute Gasteiger partial charge is 0.355 e. The lowest BCUT2D eigenvalue weighted by atomic mass is 10.1. The van der Waals surface area contributed by atoms with Crippen molar-refractivity contribution in [2.24, 2.45) is 5.73 Å². The van der Waals surface area contributed by atoms with Crippen LogP contribution in [0.25, 0.3) is 0 Å². The topological polar surface area (TPSA) is 55.1 Å². The van der Waals surface area contributed by atoms with E-state index in [1.165, 1.54) is 0 Å². The summed E-state index contributed by atoms with van der Waals surface area (Å²) >= 11 is 1.89. The number of amides is 1. The van der Waals surface area contributed by atoms with Crippen LogP contribution in [0.3, 0.4) is 0 Å². The van der Waals surface area contributed by atoms with Gasteiger partial charge in [0.25, 0.3) is 0 Å². The van der Waals surface area contributed by atoms with Crippen molar-refractivity contribution in [2.45, 2.75) is 25.8 Å². The fourth-order valence-electron chi connectivity index (χ4n) is 1.62. The van der Waals surface area contributed by atoms with Crippen LogP contribution < -0.4 is 11.1 Å². The summed E-state index contributed by atoms with van der Waals surface area (Å²) in [4.78, 5) is 11.7. The van der Waals surface area contributed by atoms with Gasteiger partial charge in [-0.1, -0.05) is 37.3 Å². The van der Waals surface area contributed by atoms with Crippen LogP contribution in [0.2, 0.25) is 0 Å². The average molecular weight is 266 g/mol. The maximum Gasteiger partial charge on any atom is 0.237 e. The van der Waals surface area contributed by atoms with E-state index in [0.29, 0.717) is 13.0 Å². The maximum atomic E-state index is 11.7. The summed E-state index contributed by atoms with van der Waals surface area (Å²) in [5.74, 6) is 2.16. The van der Waals surface area contributed by atoms with E-state index in [0.717, 1.165) is 23.5 Å². The van der Waals surface area contributed by atoms with Crippen LogP contribution in [0.5, 0.6) is 0 Å². The highest BCUT2D eigenvalue weighted by atomic mass is 32.2. The number of carbonyl (C=O) groups is 1. The third-order valence-corrected chi connectivity index (χ3v) is 3.59. The molecule has 0 aliphatic rings. The molecule has 0 bridgehead atoms. The zero-order valence-electron chi connectivity index (χ0n) is 10.9. The van der Waals surface area contributed by atoms with E-state index >= 15 is 0 Å².